The molecule has 4 aromatic rings. The van der Waals surface area contributed by atoms with Gasteiger partial charge in [0.2, 0.25) is 0 Å². The molecule has 2 N–H and O–H groups in total. The monoisotopic (exact) mass is 668 g/mol. The summed E-state index contributed by atoms with van der Waals surface area (Å²) in [6, 6.07) is 14.5. The van der Waals surface area contributed by atoms with Gasteiger partial charge >= 0.3 is 12.1 Å². The summed E-state index contributed by atoms with van der Waals surface area (Å²) in [5.74, 6) is -2.56. The Morgan fingerprint density at radius 2 is 1.56 bits per heavy atom. The van der Waals surface area contributed by atoms with E-state index in [0.29, 0.717) is 18.8 Å². The second-order valence-corrected chi connectivity index (χ2v) is 12.6. The van der Waals surface area contributed by atoms with Crippen LogP contribution < -0.4 is 15.5 Å². The fourth-order valence-corrected chi connectivity index (χ4v) is 5.43. The molecular formula is C34H36F4N6O4. The van der Waals surface area contributed by atoms with Gasteiger partial charge in [-0.2, -0.15) is 18.3 Å². The molecule has 3 aromatic carbocycles. The summed E-state index contributed by atoms with van der Waals surface area (Å²) in [5.41, 5.74) is 0.579. The van der Waals surface area contributed by atoms with Gasteiger partial charge in [0.25, 0.3) is 11.8 Å². The van der Waals surface area contributed by atoms with E-state index < -0.39 is 41.9 Å². The third-order valence-electron chi connectivity index (χ3n) is 7.62. The molecule has 1 fully saturated rings. The smallest absolute Gasteiger partial charge is 0.408 e. The molecular weight excluding hydrogens is 632 g/mol. The number of aromatic nitrogens is 2. The number of halogens is 4. The Morgan fingerprint density at radius 3 is 2.25 bits per heavy atom. The Labute approximate surface area is 274 Å². The highest BCUT2D eigenvalue weighted by Gasteiger charge is 2.31. The van der Waals surface area contributed by atoms with Crippen molar-refractivity contribution in [1.29, 1.82) is 0 Å². The lowest BCUT2D eigenvalue weighted by atomic mass is 10.1. The summed E-state index contributed by atoms with van der Waals surface area (Å²) >= 11 is 0. The van der Waals surface area contributed by atoms with E-state index in [1.54, 1.807) is 45.0 Å². The number of carbonyl (C=O) groups is 3. The van der Waals surface area contributed by atoms with E-state index in [0.717, 1.165) is 29.9 Å². The summed E-state index contributed by atoms with van der Waals surface area (Å²) in [5, 5.41) is 9.76. The average Bonchev–Trinajstić information content (AvgIpc) is 3.35. The highest BCUT2D eigenvalue weighted by Crippen LogP contribution is 2.31. The molecule has 0 radical (unpaired) electrons. The molecule has 2 amide bonds. The number of fused-ring (bicyclic) bond motifs is 1. The number of rotatable bonds is 8. The molecule has 0 bridgehead atoms. The van der Waals surface area contributed by atoms with E-state index in [4.69, 9.17) is 4.74 Å². The number of para-hydroxylation sites is 1. The number of anilines is 3. The summed E-state index contributed by atoms with van der Waals surface area (Å²) in [4.78, 5) is 43.9. The second kappa shape index (κ2) is 13.6. The lowest BCUT2D eigenvalue weighted by Gasteiger charge is -2.35. The van der Waals surface area contributed by atoms with Crippen molar-refractivity contribution >= 4 is 45.7 Å². The third-order valence-corrected chi connectivity index (χ3v) is 7.62. The Morgan fingerprint density at radius 1 is 0.875 bits per heavy atom. The molecule has 48 heavy (non-hydrogen) atoms. The normalized spacial score (nSPS) is 14.2. The van der Waals surface area contributed by atoms with Crippen LogP contribution in [0.4, 0.5) is 34.6 Å². The molecule has 2 heterocycles. The van der Waals surface area contributed by atoms with E-state index >= 15 is 0 Å². The fourth-order valence-electron chi connectivity index (χ4n) is 5.43. The van der Waals surface area contributed by atoms with Crippen LogP contribution in [-0.4, -0.2) is 77.5 Å². The molecule has 0 aliphatic carbocycles. The molecule has 5 rings (SSSR count). The van der Waals surface area contributed by atoms with E-state index in [2.05, 4.69) is 20.6 Å². The van der Waals surface area contributed by atoms with Crippen LogP contribution in [0, 0.1) is 5.82 Å². The number of hydrogen-bond donors (Lipinski definition) is 2. The van der Waals surface area contributed by atoms with Crippen LogP contribution >= 0.6 is 0 Å². The summed E-state index contributed by atoms with van der Waals surface area (Å²) < 4.78 is 60.2. The first kappa shape index (κ1) is 34.4. The van der Waals surface area contributed by atoms with Crippen molar-refractivity contribution in [1.82, 2.24) is 14.7 Å². The van der Waals surface area contributed by atoms with Gasteiger partial charge in [-0.3, -0.25) is 19.1 Å². The van der Waals surface area contributed by atoms with Crippen LogP contribution in [0.3, 0.4) is 0 Å². The molecule has 14 heteroatoms. The number of esters is 1. The van der Waals surface area contributed by atoms with Gasteiger partial charge < -0.3 is 25.2 Å². The highest BCUT2D eigenvalue weighted by molar-refractivity contribution is 6.13. The number of nitrogens with zero attached hydrogens (tertiary/aromatic N) is 4. The molecule has 1 saturated heterocycles. The third kappa shape index (κ3) is 8.48. The quantitative estimate of drug-likeness (QED) is 0.178. The highest BCUT2D eigenvalue weighted by atomic mass is 19.4. The predicted molar refractivity (Wildman–Crippen MR) is 174 cm³/mol. The van der Waals surface area contributed by atoms with Crippen molar-refractivity contribution in [3.63, 3.8) is 0 Å². The van der Waals surface area contributed by atoms with Crippen molar-refractivity contribution in [2.24, 2.45) is 0 Å². The molecule has 254 valence electrons. The van der Waals surface area contributed by atoms with Crippen LogP contribution in [0.2, 0.25) is 0 Å². The first-order chi connectivity index (χ1) is 22.6. The maximum atomic E-state index is 14.2. The average molecular weight is 669 g/mol. The maximum Gasteiger partial charge on any atom is 0.408 e. The number of carbonyl (C=O) groups excluding carboxylic acids is 3. The molecule has 0 atom stereocenters. The maximum absolute atomic E-state index is 14.2. The van der Waals surface area contributed by atoms with Gasteiger partial charge in [0.1, 0.15) is 18.0 Å². The molecule has 1 aliphatic rings. The van der Waals surface area contributed by atoms with Gasteiger partial charge in [-0.1, -0.05) is 18.2 Å². The summed E-state index contributed by atoms with van der Waals surface area (Å²) in [6.45, 7) is 6.48. The van der Waals surface area contributed by atoms with Gasteiger partial charge in [0.15, 0.2) is 5.69 Å². The number of benzene rings is 3. The molecule has 0 spiro atoms. The number of piperazine rings is 1. The zero-order valence-corrected chi connectivity index (χ0v) is 26.9. The largest absolute Gasteiger partial charge is 0.460 e. The van der Waals surface area contributed by atoms with Gasteiger partial charge in [-0.05, 0) is 75.8 Å². The van der Waals surface area contributed by atoms with Crippen LogP contribution in [0.5, 0.6) is 0 Å². The minimum Gasteiger partial charge on any atom is -0.460 e. The second-order valence-electron chi connectivity index (χ2n) is 12.6. The van der Waals surface area contributed by atoms with Gasteiger partial charge in [0, 0.05) is 42.8 Å². The van der Waals surface area contributed by atoms with Crippen molar-refractivity contribution in [2.45, 2.75) is 45.5 Å². The lowest BCUT2D eigenvalue weighted by Crippen LogP contribution is -2.44. The van der Waals surface area contributed by atoms with Crippen LogP contribution in [0.25, 0.3) is 10.9 Å². The molecule has 10 nitrogen and oxygen atoms in total. The fraction of sp³-hybridized carbons (Fsp3) is 0.353. The lowest BCUT2D eigenvalue weighted by molar-refractivity contribution is -0.154. The van der Waals surface area contributed by atoms with E-state index in [1.165, 1.54) is 24.3 Å². The van der Waals surface area contributed by atoms with Crippen molar-refractivity contribution in [3.8, 4) is 0 Å². The van der Waals surface area contributed by atoms with Gasteiger partial charge in [-0.15, -0.1) is 0 Å². The number of nitrogens with one attached hydrogen (secondary N) is 2. The predicted octanol–water partition coefficient (Wildman–Crippen LogP) is 5.88. The Balaban J connectivity index is 1.46. The first-order valence-electron chi connectivity index (χ1n) is 15.3. The number of ether oxygens (including phenoxy) is 1. The summed E-state index contributed by atoms with van der Waals surface area (Å²) in [7, 11) is 1.99. The molecule has 1 aromatic heterocycles. The first-order valence-corrected chi connectivity index (χ1v) is 15.3. The molecule has 0 unspecified atom stereocenters. The van der Waals surface area contributed by atoms with Crippen LogP contribution in [0.1, 0.15) is 47.2 Å². The topological polar surface area (TPSA) is 109 Å². The number of alkyl halides is 3. The number of hydrogen-bond acceptors (Lipinski definition) is 7. The van der Waals surface area contributed by atoms with Crippen LogP contribution in [-0.2, 0) is 22.5 Å². The molecule has 0 saturated carbocycles. The van der Waals surface area contributed by atoms with Crippen molar-refractivity contribution in [3.05, 3.63) is 83.3 Å². The SMILES string of the molecule is CN1CCN(c2ccc(C(=O)Nc3ccc(F)cc3CC(=O)OC(C)(C)C)cc2NC(=O)c2nn(CC(F)(F)F)c3ccccc23)CC1. The number of amides is 2. The number of likely N-dealkylation sites (N-methyl/N-ethyl adjacent to an activating group) is 1. The minimum atomic E-state index is -4.56. The Bertz CT molecular complexity index is 1840. The van der Waals surface area contributed by atoms with E-state index in [9.17, 15) is 31.9 Å². The van der Waals surface area contributed by atoms with Gasteiger partial charge in [-0.25, -0.2) is 4.39 Å². The zero-order chi connectivity index (χ0) is 34.8. The Hall–Kier alpha value is -4.98. The standard InChI is InChI=1S/C34H36F4N6O4/c1-33(2,3)48-29(45)19-22-17-23(35)10-11-25(22)39-31(46)21-9-12-28(43-15-13-42(4)14-16-43)26(18-21)40-32(47)30-24-7-5-6-8-27(24)44(41-30)20-34(36,37)38/h5-12,17-18H,13-16,19-20H2,1-4H3,(H,39,46)(H,40,47). The summed E-state index contributed by atoms with van der Waals surface area (Å²) in [6.07, 6.45) is -4.85. The molecule has 1 aliphatic heterocycles. The van der Waals surface area contributed by atoms with E-state index in [1.807, 2.05) is 11.9 Å². The minimum absolute atomic E-state index is 0.128. The van der Waals surface area contributed by atoms with Crippen LogP contribution in [0.15, 0.2) is 60.7 Å². The Kier molecular flexibility index (Phi) is 9.76. The van der Waals surface area contributed by atoms with Gasteiger partial charge in [0.05, 0.1) is 23.3 Å². The van der Waals surface area contributed by atoms with E-state index in [-0.39, 0.29) is 45.5 Å². The van der Waals surface area contributed by atoms with Crippen molar-refractivity contribution < 1.29 is 36.7 Å². The van der Waals surface area contributed by atoms with Crippen molar-refractivity contribution in [2.75, 3.05) is 48.8 Å². The zero-order valence-electron chi connectivity index (χ0n) is 26.9.